The minimum absolute atomic E-state index is 0.0442. The van der Waals surface area contributed by atoms with Gasteiger partial charge in [-0.3, -0.25) is 0 Å². The Kier molecular flexibility index (Phi) is 3.09. The van der Waals surface area contributed by atoms with Gasteiger partial charge in [-0.15, -0.1) is 0 Å². The number of aldehydes is 1. The lowest BCUT2D eigenvalue weighted by Gasteiger charge is -2.18. The number of rotatable bonds is 4. The van der Waals surface area contributed by atoms with E-state index in [0.717, 1.165) is 0 Å². The molecule has 0 aromatic rings. The van der Waals surface area contributed by atoms with E-state index in [9.17, 15) is 14.0 Å². The summed E-state index contributed by atoms with van der Waals surface area (Å²) in [5.41, 5.74) is 7.66. The molecule has 0 fully saturated rings. The quantitative estimate of drug-likeness (QED) is 0.350. The zero-order valence-corrected chi connectivity index (χ0v) is 5.66. The predicted molar refractivity (Wildman–Crippen MR) is 34.3 cm³/mol. The van der Waals surface area contributed by atoms with Gasteiger partial charge in [-0.1, -0.05) is 0 Å². The Morgan fingerprint density at radius 2 is 2.18 bits per heavy atom. The monoisotopic (exact) mass is 164 g/mol. The van der Waals surface area contributed by atoms with Crippen molar-refractivity contribution in [2.45, 2.75) is 18.3 Å². The van der Waals surface area contributed by atoms with Crippen molar-refractivity contribution in [3.63, 3.8) is 0 Å². The van der Waals surface area contributed by atoms with Gasteiger partial charge in [-0.2, -0.15) is 0 Å². The molecule has 11 heavy (non-hydrogen) atoms. The lowest BCUT2D eigenvalue weighted by Crippen LogP contribution is -2.57. The Balaban J connectivity index is 4.11. The van der Waals surface area contributed by atoms with Crippen molar-refractivity contribution >= 4 is 12.3 Å². The zero-order chi connectivity index (χ0) is 9.07. The van der Waals surface area contributed by atoms with Gasteiger partial charge in [0.25, 0.3) is 0 Å². The molecule has 0 spiro atoms. The number of halogens is 1. The molecule has 6 heteroatoms. The molecule has 0 saturated heterocycles. The van der Waals surface area contributed by atoms with Crippen LogP contribution in [0, 0.1) is 0 Å². The van der Waals surface area contributed by atoms with Gasteiger partial charge >= 0.3 is 5.97 Å². The number of hydrogen-bond donors (Lipinski definition) is 3. The number of carboxylic acids is 1. The Morgan fingerprint density at radius 1 is 1.73 bits per heavy atom. The zero-order valence-electron chi connectivity index (χ0n) is 5.66. The van der Waals surface area contributed by atoms with E-state index in [4.69, 9.17) is 16.6 Å². The number of alkyl halides is 1. The summed E-state index contributed by atoms with van der Waals surface area (Å²) in [6, 6.07) is 0. The second kappa shape index (κ2) is 3.40. The van der Waals surface area contributed by atoms with Gasteiger partial charge in [-0.25, -0.2) is 9.18 Å². The summed E-state index contributed by atoms with van der Waals surface area (Å²) in [7, 11) is 0. The predicted octanol–water partition coefficient (Wildman–Crippen LogP) is -1.39. The lowest BCUT2D eigenvalue weighted by molar-refractivity contribution is -0.144. The molecule has 0 radical (unpaired) electrons. The van der Waals surface area contributed by atoms with Crippen LogP contribution in [0.3, 0.4) is 0 Å². The van der Waals surface area contributed by atoms with Gasteiger partial charge < -0.3 is 21.4 Å². The van der Waals surface area contributed by atoms with E-state index >= 15 is 0 Å². The Morgan fingerprint density at radius 3 is 2.45 bits per heavy atom. The molecule has 0 aliphatic heterocycles. The fourth-order valence-corrected chi connectivity index (χ4v) is 0.458. The van der Waals surface area contributed by atoms with Crippen LogP contribution in [-0.4, -0.2) is 29.2 Å². The second-order valence-electron chi connectivity index (χ2n) is 2.20. The topological polar surface area (TPSA) is 106 Å². The van der Waals surface area contributed by atoms with Crippen molar-refractivity contribution in [1.29, 1.82) is 0 Å². The molecule has 1 atom stereocenters. The maximum Gasteiger partial charge on any atom is 0.338 e. The number of hydrogen-bond acceptors (Lipinski definition) is 4. The molecule has 5 nitrogen and oxygen atoms in total. The van der Waals surface area contributed by atoms with Crippen LogP contribution in [0.25, 0.3) is 0 Å². The average molecular weight is 164 g/mol. The molecule has 0 aromatic heterocycles. The summed E-state index contributed by atoms with van der Waals surface area (Å²) in [5, 5.41) is 8.25. The Bertz CT molecular complexity index is 171. The van der Waals surface area contributed by atoms with Crippen molar-refractivity contribution in [1.82, 2.24) is 0 Å². The molecule has 0 bridgehead atoms. The summed E-state index contributed by atoms with van der Waals surface area (Å²) < 4.78 is 12.2. The summed E-state index contributed by atoms with van der Waals surface area (Å²) in [6.07, 6.45) is -2.69. The molecule has 0 rings (SSSR count). The summed E-state index contributed by atoms with van der Waals surface area (Å²) >= 11 is 0. The number of nitrogens with two attached hydrogens (primary N) is 2. The Hall–Kier alpha value is -1.01. The van der Waals surface area contributed by atoms with Gasteiger partial charge in [0.2, 0.25) is 0 Å². The molecule has 5 N–H and O–H groups in total. The van der Waals surface area contributed by atoms with Gasteiger partial charge in [0, 0.05) is 6.42 Å². The largest absolute Gasteiger partial charge is 0.479 e. The van der Waals surface area contributed by atoms with Gasteiger partial charge in [0.15, 0.2) is 18.1 Å². The maximum absolute atomic E-state index is 12.2. The standard InChI is InChI=1S/C5H9FN2O3/c6-3(2-9)1-5(7,8)4(10)11/h2-3H,1,7-8H2,(H,10,11). The molecule has 0 aliphatic carbocycles. The molecular formula is C5H9FN2O3. The molecule has 0 aromatic carbocycles. The summed E-state index contributed by atoms with van der Waals surface area (Å²) in [4.78, 5) is 19.9. The maximum atomic E-state index is 12.2. The van der Waals surface area contributed by atoms with Crippen LogP contribution in [0.5, 0.6) is 0 Å². The summed E-state index contributed by atoms with van der Waals surface area (Å²) in [5.74, 6) is -1.54. The van der Waals surface area contributed by atoms with Gasteiger partial charge in [0.05, 0.1) is 0 Å². The van der Waals surface area contributed by atoms with Crippen molar-refractivity contribution < 1.29 is 19.1 Å². The highest BCUT2D eigenvalue weighted by Gasteiger charge is 2.32. The van der Waals surface area contributed by atoms with Crippen molar-refractivity contribution in [3.8, 4) is 0 Å². The van der Waals surface area contributed by atoms with Crippen LogP contribution >= 0.6 is 0 Å². The van der Waals surface area contributed by atoms with E-state index < -0.39 is 24.2 Å². The van der Waals surface area contributed by atoms with Crippen LogP contribution in [-0.2, 0) is 9.59 Å². The fourth-order valence-electron chi connectivity index (χ4n) is 0.458. The number of aliphatic carboxylic acids is 1. The van der Waals surface area contributed by atoms with Crippen molar-refractivity contribution in [2.75, 3.05) is 0 Å². The van der Waals surface area contributed by atoms with Crippen LogP contribution in [0.2, 0.25) is 0 Å². The minimum Gasteiger partial charge on any atom is -0.479 e. The second-order valence-corrected chi connectivity index (χ2v) is 2.20. The van der Waals surface area contributed by atoms with E-state index in [1.54, 1.807) is 0 Å². The first kappa shape index (κ1) is 9.99. The highest BCUT2D eigenvalue weighted by molar-refractivity contribution is 5.78. The number of carboxylic acid groups (broad SMARTS) is 1. The van der Waals surface area contributed by atoms with E-state index in [2.05, 4.69) is 0 Å². The van der Waals surface area contributed by atoms with Crippen LogP contribution in [0.15, 0.2) is 0 Å². The highest BCUT2D eigenvalue weighted by Crippen LogP contribution is 2.04. The molecule has 0 saturated carbocycles. The fraction of sp³-hybridized carbons (Fsp3) is 0.600. The Labute approximate surface area is 62.2 Å². The first-order valence-corrected chi connectivity index (χ1v) is 2.80. The number of carbonyl (C=O) groups excluding carboxylic acids is 1. The molecule has 0 heterocycles. The van der Waals surface area contributed by atoms with Gasteiger partial charge in [0.1, 0.15) is 0 Å². The van der Waals surface area contributed by atoms with Crippen LogP contribution in [0.4, 0.5) is 4.39 Å². The molecule has 1 unspecified atom stereocenters. The van der Waals surface area contributed by atoms with E-state index in [0.29, 0.717) is 0 Å². The lowest BCUT2D eigenvalue weighted by atomic mass is 10.1. The van der Waals surface area contributed by atoms with Crippen molar-refractivity contribution in [3.05, 3.63) is 0 Å². The first-order chi connectivity index (χ1) is 4.90. The molecule has 0 amide bonds. The highest BCUT2D eigenvalue weighted by atomic mass is 19.1. The first-order valence-electron chi connectivity index (χ1n) is 2.80. The third-order valence-corrected chi connectivity index (χ3v) is 1.08. The number of carbonyl (C=O) groups is 2. The minimum atomic E-state index is -2.17. The van der Waals surface area contributed by atoms with Gasteiger partial charge in [-0.05, 0) is 0 Å². The van der Waals surface area contributed by atoms with E-state index in [1.165, 1.54) is 0 Å². The summed E-state index contributed by atoms with van der Waals surface area (Å²) in [6.45, 7) is 0. The third-order valence-electron chi connectivity index (χ3n) is 1.08. The molecular weight excluding hydrogens is 155 g/mol. The van der Waals surface area contributed by atoms with Crippen molar-refractivity contribution in [2.24, 2.45) is 11.5 Å². The molecule has 64 valence electrons. The average Bonchev–Trinajstić information content (AvgIpc) is 1.86. The normalized spacial score (nSPS) is 14.1. The van der Waals surface area contributed by atoms with E-state index in [1.807, 2.05) is 0 Å². The third kappa shape index (κ3) is 3.06. The van der Waals surface area contributed by atoms with Crippen LogP contribution < -0.4 is 11.5 Å². The molecule has 0 aliphatic rings. The SMILES string of the molecule is NC(N)(CC(F)C=O)C(=O)O. The van der Waals surface area contributed by atoms with E-state index in [-0.39, 0.29) is 6.29 Å². The van der Waals surface area contributed by atoms with Crippen LogP contribution in [0.1, 0.15) is 6.42 Å². The smallest absolute Gasteiger partial charge is 0.338 e.